The average molecular weight is 387 g/mol. The van der Waals surface area contributed by atoms with Crippen LogP contribution in [0.3, 0.4) is 0 Å². The summed E-state index contributed by atoms with van der Waals surface area (Å²) in [7, 11) is -2.53. The van der Waals surface area contributed by atoms with E-state index in [1.165, 1.54) is 36.2 Å². The normalized spacial score (nSPS) is 10.7. The van der Waals surface area contributed by atoms with E-state index in [9.17, 15) is 18.0 Å². The number of para-hydroxylation sites is 1. The van der Waals surface area contributed by atoms with E-state index in [1.54, 1.807) is 36.4 Å². The topological polar surface area (TPSA) is 117 Å². The molecule has 140 valence electrons. The number of anilines is 1. The first-order valence-electron chi connectivity index (χ1n) is 7.81. The molecular weight excluding hydrogens is 370 g/mol. The van der Waals surface area contributed by atoms with E-state index in [2.05, 4.69) is 4.72 Å². The molecule has 9 heteroatoms. The van der Waals surface area contributed by atoms with Crippen LogP contribution in [0.25, 0.3) is 0 Å². The van der Waals surface area contributed by atoms with Gasteiger partial charge in [-0.25, -0.2) is 8.42 Å². The van der Waals surface area contributed by atoms with Gasteiger partial charge in [0.2, 0.25) is 10.0 Å². The lowest BCUT2D eigenvalue weighted by atomic mass is 10.2. The van der Waals surface area contributed by atoms with Crippen LogP contribution in [-0.4, -0.2) is 40.5 Å². The minimum absolute atomic E-state index is 0.0435. The van der Waals surface area contributed by atoms with E-state index < -0.39 is 35.1 Å². The molecule has 0 atom stereocenters. The number of rotatable bonds is 7. The van der Waals surface area contributed by atoms with Crippen molar-refractivity contribution in [1.82, 2.24) is 4.72 Å². The molecular formula is C18H17N3O5S. The van der Waals surface area contributed by atoms with Gasteiger partial charge in [-0.05, 0) is 24.3 Å². The van der Waals surface area contributed by atoms with Gasteiger partial charge in [-0.2, -0.15) is 9.98 Å². The van der Waals surface area contributed by atoms with E-state index >= 15 is 0 Å². The van der Waals surface area contributed by atoms with Crippen molar-refractivity contribution in [2.45, 2.75) is 4.90 Å². The van der Waals surface area contributed by atoms with Crippen molar-refractivity contribution in [2.75, 3.05) is 25.1 Å². The molecule has 0 aliphatic rings. The van der Waals surface area contributed by atoms with E-state index in [0.717, 1.165) is 0 Å². The summed E-state index contributed by atoms with van der Waals surface area (Å²) < 4.78 is 31.3. The summed E-state index contributed by atoms with van der Waals surface area (Å²) in [6.07, 6.45) is 0. The summed E-state index contributed by atoms with van der Waals surface area (Å²) in [5.74, 6) is -1.38. The third-order valence-corrected chi connectivity index (χ3v) is 5.04. The van der Waals surface area contributed by atoms with Crippen LogP contribution in [-0.2, 0) is 24.3 Å². The Morgan fingerprint density at radius 3 is 2.41 bits per heavy atom. The first-order valence-corrected chi connectivity index (χ1v) is 9.29. The van der Waals surface area contributed by atoms with Crippen molar-refractivity contribution in [3.63, 3.8) is 0 Å². The second kappa shape index (κ2) is 8.93. The van der Waals surface area contributed by atoms with Gasteiger partial charge < -0.3 is 9.64 Å². The monoisotopic (exact) mass is 387 g/mol. The maximum atomic E-state index is 12.2. The zero-order valence-corrected chi connectivity index (χ0v) is 15.3. The summed E-state index contributed by atoms with van der Waals surface area (Å²) in [5, 5.41) is 8.97. The number of benzene rings is 2. The molecule has 2 aromatic rings. The molecule has 27 heavy (non-hydrogen) atoms. The van der Waals surface area contributed by atoms with Gasteiger partial charge in [0.1, 0.15) is 12.6 Å². The predicted molar refractivity (Wildman–Crippen MR) is 97.2 cm³/mol. The lowest BCUT2D eigenvalue weighted by Gasteiger charge is -2.17. The number of esters is 1. The quantitative estimate of drug-likeness (QED) is 0.710. The Morgan fingerprint density at radius 1 is 1.11 bits per heavy atom. The number of likely N-dealkylation sites (N-methyl/N-ethyl adjacent to an activating group) is 1. The molecule has 0 heterocycles. The molecule has 0 aliphatic carbocycles. The SMILES string of the molecule is CN(C(=O)COC(=O)CNS(=O)(=O)c1ccccc1C#N)c1ccccc1. The van der Waals surface area contributed by atoms with Crippen molar-refractivity contribution in [3.8, 4) is 6.07 Å². The molecule has 0 bridgehead atoms. The Balaban J connectivity index is 1.89. The molecule has 0 unspecified atom stereocenters. The molecule has 0 radical (unpaired) electrons. The Hall–Kier alpha value is -3.22. The first kappa shape index (κ1) is 20.1. The lowest BCUT2D eigenvalue weighted by Crippen LogP contribution is -2.35. The van der Waals surface area contributed by atoms with Crippen LogP contribution < -0.4 is 9.62 Å². The molecule has 0 spiro atoms. The van der Waals surface area contributed by atoms with Gasteiger partial charge in [-0.15, -0.1) is 0 Å². The van der Waals surface area contributed by atoms with Gasteiger partial charge in [0.15, 0.2) is 6.61 Å². The van der Waals surface area contributed by atoms with Crippen LogP contribution in [0.15, 0.2) is 59.5 Å². The lowest BCUT2D eigenvalue weighted by molar-refractivity contribution is -0.146. The van der Waals surface area contributed by atoms with Crippen LogP contribution in [0.1, 0.15) is 5.56 Å². The van der Waals surface area contributed by atoms with Crippen LogP contribution in [0.2, 0.25) is 0 Å². The largest absolute Gasteiger partial charge is 0.455 e. The first-order chi connectivity index (χ1) is 12.8. The number of hydrogen-bond donors (Lipinski definition) is 1. The highest BCUT2D eigenvalue weighted by Crippen LogP contribution is 2.14. The zero-order chi connectivity index (χ0) is 19.9. The van der Waals surface area contributed by atoms with Gasteiger partial charge in [0.05, 0.1) is 10.5 Å². The second-order valence-corrected chi connectivity index (χ2v) is 7.12. The number of carbonyl (C=O) groups excluding carboxylic acids is 2. The van der Waals surface area contributed by atoms with Gasteiger partial charge in [0.25, 0.3) is 5.91 Å². The van der Waals surface area contributed by atoms with Gasteiger partial charge in [-0.3, -0.25) is 9.59 Å². The number of nitrogens with zero attached hydrogens (tertiary/aromatic N) is 2. The molecule has 0 saturated carbocycles. The van der Waals surface area contributed by atoms with E-state index in [-0.39, 0.29) is 10.5 Å². The standard InChI is InChI=1S/C18H17N3O5S/c1-21(15-8-3-2-4-9-15)17(22)13-26-18(23)12-20-27(24,25)16-10-6-5-7-14(16)11-19/h2-10,20H,12-13H2,1H3. The Morgan fingerprint density at radius 2 is 1.74 bits per heavy atom. The smallest absolute Gasteiger partial charge is 0.321 e. The Kier molecular flexibility index (Phi) is 6.65. The minimum Gasteiger partial charge on any atom is -0.455 e. The fourth-order valence-corrected chi connectivity index (χ4v) is 3.24. The summed E-state index contributed by atoms with van der Waals surface area (Å²) in [6.45, 7) is -1.19. The third kappa shape index (κ3) is 5.37. The molecule has 8 nitrogen and oxygen atoms in total. The Labute approximate surface area is 157 Å². The number of sulfonamides is 1. The number of ether oxygens (including phenoxy) is 1. The fraction of sp³-hybridized carbons (Fsp3) is 0.167. The maximum absolute atomic E-state index is 12.2. The van der Waals surface area contributed by atoms with Crippen molar-refractivity contribution in [1.29, 1.82) is 5.26 Å². The Bertz CT molecular complexity index is 968. The van der Waals surface area contributed by atoms with Crippen LogP contribution in [0, 0.1) is 11.3 Å². The number of hydrogen-bond acceptors (Lipinski definition) is 6. The van der Waals surface area contributed by atoms with Gasteiger partial charge in [0, 0.05) is 12.7 Å². The summed E-state index contributed by atoms with van der Waals surface area (Å²) in [6, 6.07) is 16.1. The van der Waals surface area contributed by atoms with Crippen LogP contribution in [0.5, 0.6) is 0 Å². The highest BCUT2D eigenvalue weighted by atomic mass is 32.2. The van der Waals surface area contributed by atoms with Gasteiger partial charge in [-0.1, -0.05) is 30.3 Å². The molecule has 0 aromatic heterocycles. The minimum atomic E-state index is -4.06. The highest BCUT2D eigenvalue weighted by molar-refractivity contribution is 7.89. The average Bonchev–Trinajstić information content (AvgIpc) is 2.70. The van der Waals surface area contributed by atoms with Crippen molar-refractivity contribution in [3.05, 3.63) is 60.2 Å². The molecule has 0 saturated heterocycles. The van der Waals surface area contributed by atoms with Crippen LogP contribution in [0.4, 0.5) is 5.69 Å². The predicted octanol–water partition coefficient (Wildman–Crippen LogP) is 1.04. The molecule has 1 amide bonds. The zero-order valence-electron chi connectivity index (χ0n) is 14.5. The maximum Gasteiger partial charge on any atom is 0.321 e. The summed E-state index contributed by atoms with van der Waals surface area (Å²) in [5.41, 5.74) is 0.588. The molecule has 2 rings (SSSR count). The molecule has 2 aromatic carbocycles. The number of nitriles is 1. The second-order valence-electron chi connectivity index (χ2n) is 5.38. The number of amides is 1. The summed E-state index contributed by atoms with van der Waals surface area (Å²) in [4.78, 5) is 24.9. The van der Waals surface area contributed by atoms with Crippen molar-refractivity contribution < 1.29 is 22.7 Å². The number of carbonyl (C=O) groups is 2. The molecule has 1 N–H and O–H groups in total. The fourth-order valence-electron chi connectivity index (χ4n) is 2.11. The third-order valence-electron chi connectivity index (χ3n) is 3.58. The number of nitrogens with one attached hydrogen (secondary N) is 1. The molecule has 0 fully saturated rings. The van der Waals surface area contributed by atoms with E-state index in [4.69, 9.17) is 10.00 Å². The van der Waals surface area contributed by atoms with Gasteiger partial charge >= 0.3 is 5.97 Å². The highest BCUT2D eigenvalue weighted by Gasteiger charge is 2.20. The molecule has 0 aliphatic heterocycles. The van der Waals surface area contributed by atoms with Crippen molar-refractivity contribution in [2.24, 2.45) is 0 Å². The van der Waals surface area contributed by atoms with Crippen LogP contribution >= 0.6 is 0 Å². The van der Waals surface area contributed by atoms with E-state index in [0.29, 0.717) is 5.69 Å². The summed E-state index contributed by atoms with van der Waals surface area (Å²) >= 11 is 0. The van der Waals surface area contributed by atoms with E-state index in [1.807, 2.05) is 0 Å². The van der Waals surface area contributed by atoms with Crippen molar-refractivity contribution >= 4 is 27.6 Å².